The average molecular weight is 271 g/mol. The minimum absolute atomic E-state index is 0.262. The number of likely N-dealkylation sites (N-methyl/N-ethyl adjacent to an activating group) is 1. The van der Waals surface area contributed by atoms with Gasteiger partial charge in [-0.05, 0) is 27.9 Å². The summed E-state index contributed by atoms with van der Waals surface area (Å²) in [6.45, 7) is 5.69. The van der Waals surface area contributed by atoms with Crippen LogP contribution in [-0.2, 0) is 9.53 Å². The van der Waals surface area contributed by atoms with Gasteiger partial charge in [-0.1, -0.05) is 0 Å². The zero-order chi connectivity index (χ0) is 13.5. The third kappa shape index (κ3) is 4.72. The van der Waals surface area contributed by atoms with Crippen LogP contribution in [0.25, 0.3) is 0 Å². The lowest BCUT2D eigenvalue weighted by molar-refractivity contribution is -0.146. The largest absolute Gasteiger partial charge is 0.465 e. The Morgan fingerprint density at radius 2 is 2.33 bits per heavy atom. The number of nitrogens with one attached hydrogen (secondary N) is 1. The number of carbonyl (C=O) groups is 1. The minimum Gasteiger partial charge on any atom is -0.465 e. The van der Waals surface area contributed by atoms with E-state index in [2.05, 4.69) is 15.2 Å². The Balaban J connectivity index is 2.66. The highest BCUT2D eigenvalue weighted by atomic mass is 32.1. The van der Waals surface area contributed by atoms with Crippen molar-refractivity contribution in [3.05, 3.63) is 16.1 Å². The molecule has 0 amide bonds. The SMILES string of the molecule is CCOC(=O)C(NCCN(C)C)c1csc(C)n1. The summed E-state index contributed by atoms with van der Waals surface area (Å²) in [5.74, 6) is -0.262. The van der Waals surface area contributed by atoms with Crippen molar-refractivity contribution in [3.63, 3.8) is 0 Å². The summed E-state index contributed by atoms with van der Waals surface area (Å²) in [7, 11) is 3.99. The summed E-state index contributed by atoms with van der Waals surface area (Å²) in [6, 6.07) is -0.463. The summed E-state index contributed by atoms with van der Waals surface area (Å²) in [6.07, 6.45) is 0. The molecule has 1 heterocycles. The molecule has 0 saturated carbocycles. The van der Waals surface area contributed by atoms with Gasteiger partial charge in [0, 0.05) is 18.5 Å². The van der Waals surface area contributed by atoms with E-state index < -0.39 is 6.04 Å². The first-order valence-corrected chi connectivity index (χ1v) is 6.89. The Labute approximate surface area is 112 Å². The molecule has 18 heavy (non-hydrogen) atoms. The van der Waals surface area contributed by atoms with E-state index in [1.165, 1.54) is 11.3 Å². The zero-order valence-electron chi connectivity index (χ0n) is 11.4. The third-order valence-corrected chi connectivity index (χ3v) is 3.15. The lowest BCUT2D eigenvalue weighted by Gasteiger charge is -2.17. The second-order valence-corrected chi connectivity index (χ2v) is 5.30. The van der Waals surface area contributed by atoms with E-state index in [4.69, 9.17) is 4.74 Å². The number of thiazole rings is 1. The fraction of sp³-hybridized carbons (Fsp3) is 0.667. The van der Waals surface area contributed by atoms with Crippen molar-refractivity contribution >= 4 is 17.3 Å². The second kappa shape index (κ2) is 7.45. The maximum atomic E-state index is 11.9. The molecule has 0 aliphatic heterocycles. The van der Waals surface area contributed by atoms with Crippen molar-refractivity contribution in [2.45, 2.75) is 19.9 Å². The molecule has 1 unspecified atom stereocenters. The first kappa shape index (κ1) is 15.1. The maximum absolute atomic E-state index is 11.9. The van der Waals surface area contributed by atoms with E-state index in [9.17, 15) is 4.79 Å². The highest BCUT2D eigenvalue weighted by Gasteiger charge is 2.23. The minimum atomic E-state index is -0.463. The zero-order valence-corrected chi connectivity index (χ0v) is 12.2. The number of nitrogens with zero attached hydrogens (tertiary/aromatic N) is 2. The molecule has 1 rings (SSSR count). The monoisotopic (exact) mass is 271 g/mol. The number of aryl methyl sites for hydroxylation is 1. The Morgan fingerprint density at radius 1 is 1.61 bits per heavy atom. The molecule has 0 spiro atoms. The van der Waals surface area contributed by atoms with Crippen molar-refractivity contribution < 1.29 is 9.53 Å². The van der Waals surface area contributed by atoms with E-state index >= 15 is 0 Å². The van der Waals surface area contributed by atoms with Gasteiger partial charge >= 0.3 is 5.97 Å². The number of carbonyl (C=O) groups excluding carboxylic acids is 1. The van der Waals surface area contributed by atoms with Crippen molar-refractivity contribution in [2.24, 2.45) is 0 Å². The molecule has 1 N–H and O–H groups in total. The lowest BCUT2D eigenvalue weighted by Crippen LogP contribution is -2.35. The van der Waals surface area contributed by atoms with E-state index in [-0.39, 0.29) is 5.97 Å². The summed E-state index contributed by atoms with van der Waals surface area (Å²) >= 11 is 1.54. The lowest BCUT2D eigenvalue weighted by atomic mass is 10.2. The predicted octanol–water partition coefficient (Wildman–Crippen LogP) is 1.21. The molecular weight excluding hydrogens is 250 g/mol. The summed E-state index contributed by atoms with van der Waals surface area (Å²) < 4.78 is 5.07. The normalized spacial score (nSPS) is 12.7. The van der Waals surface area contributed by atoms with Crippen LogP contribution in [0.2, 0.25) is 0 Å². The average Bonchev–Trinajstić information content (AvgIpc) is 2.71. The Kier molecular flexibility index (Phi) is 6.24. The maximum Gasteiger partial charge on any atom is 0.329 e. The topological polar surface area (TPSA) is 54.5 Å². The molecule has 1 atom stereocenters. The van der Waals surface area contributed by atoms with Gasteiger partial charge in [0.05, 0.1) is 17.3 Å². The Morgan fingerprint density at radius 3 is 2.83 bits per heavy atom. The number of aromatic nitrogens is 1. The Hall–Kier alpha value is -0.980. The fourth-order valence-corrected chi connectivity index (χ4v) is 2.12. The van der Waals surface area contributed by atoms with E-state index in [0.29, 0.717) is 13.2 Å². The van der Waals surface area contributed by atoms with Gasteiger partial charge in [0.1, 0.15) is 6.04 Å². The molecule has 5 nitrogen and oxygen atoms in total. The first-order valence-electron chi connectivity index (χ1n) is 6.01. The van der Waals surface area contributed by atoms with Crippen LogP contribution in [0.5, 0.6) is 0 Å². The smallest absolute Gasteiger partial charge is 0.329 e. The number of rotatable bonds is 7. The molecule has 0 aliphatic carbocycles. The third-order valence-electron chi connectivity index (χ3n) is 2.36. The fourth-order valence-electron chi connectivity index (χ4n) is 1.48. The molecule has 0 aliphatic rings. The second-order valence-electron chi connectivity index (χ2n) is 4.23. The molecule has 0 saturated heterocycles. The predicted molar refractivity (Wildman–Crippen MR) is 72.8 cm³/mol. The van der Waals surface area contributed by atoms with Gasteiger partial charge < -0.3 is 9.64 Å². The van der Waals surface area contributed by atoms with Crippen LogP contribution < -0.4 is 5.32 Å². The van der Waals surface area contributed by atoms with Crippen LogP contribution in [0.4, 0.5) is 0 Å². The highest BCUT2D eigenvalue weighted by molar-refractivity contribution is 7.09. The van der Waals surface area contributed by atoms with Gasteiger partial charge in [0.15, 0.2) is 0 Å². The van der Waals surface area contributed by atoms with Gasteiger partial charge in [-0.25, -0.2) is 9.78 Å². The van der Waals surface area contributed by atoms with E-state index in [1.807, 2.05) is 26.4 Å². The summed E-state index contributed by atoms with van der Waals surface area (Å²) in [4.78, 5) is 18.3. The standard InChI is InChI=1S/C12H21N3O2S/c1-5-17-12(16)11(13-6-7-15(3)4)10-8-18-9(2)14-10/h8,11,13H,5-7H2,1-4H3. The van der Waals surface area contributed by atoms with Gasteiger partial charge in [0.25, 0.3) is 0 Å². The van der Waals surface area contributed by atoms with E-state index in [0.717, 1.165) is 17.2 Å². The molecule has 6 heteroatoms. The molecule has 1 aromatic heterocycles. The van der Waals surface area contributed by atoms with Crippen LogP contribution in [0, 0.1) is 6.92 Å². The van der Waals surface area contributed by atoms with E-state index in [1.54, 1.807) is 6.92 Å². The number of hydrogen-bond donors (Lipinski definition) is 1. The number of esters is 1. The molecular formula is C12H21N3O2S. The van der Waals surface area contributed by atoms with Crippen molar-refractivity contribution in [1.82, 2.24) is 15.2 Å². The van der Waals surface area contributed by atoms with Gasteiger partial charge in [-0.2, -0.15) is 0 Å². The van der Waals surface area contributed by atoms with Crippen LogP contribution in [-0.4, -0.2) is 49.6 Å². The molecule has 0 radical (unpaired) electrons. The van der Waals surface area contributed by atoms with Crippen LogP contribution >= 0.6 is 11.3 Å². The first-order chi connectivity index (χ1) is 8.54. The quantitative estimate of drug-likeness (QED) is 0.755. The van der Waals surface area contributed by atoms with Gasteiger partial charge in [-0.15, -0.1) is 11.3 Å². The van der Waals surface area contributed by atoms with Crippen molar-refractivity contribution in [3.8, 4) is 0 Å². The Bertz CT molecular complexity index is 379. The van der Waals surface area contributed by atoms with Crippen molar-refractivity contribution in [2.75, 3.05) is 33.8 Å². The molecule has 0 fully saturated rings. The van der Waals surface area contributed by atoms with Crippen LogP contribution in [0.1, 0.15) is 23.7 Å². The van der Waals surface area contributed by atoms with Gasteiger partial charge in [0.2, 0.25) is 0 Å². The highest BCUT2D eigenvalue weighted by Crippen LogP contribution is 2.17. The summed E-state index contributed by atoms with van der Waals surface area (Å²) in [5.41, 5.74) is 0.745. The molecule has 0 aromatic carbocycles. The molecule has 102 valence electrons. The molecule has 0 bridgehead atoms. The van der Waals surface area contributed by atoms with Gasteiger partial charge in [-0.3, -0.25) is 5.32 Å². The van der Waals surface area contributed by atoms with Crippen molar-refractivity contribution in [1.29, 1.82) is 0 Å². The molecule has 1 aromatic rings. The summed E-state index contributed by atoms with van der Waals surface area (Å²) in [5, 5.41) is 6.05. The number of ether oxygens (including phenoxy) is 1. The number of hydrogen-bond acceptors (Lipinski definition) is 6. The van der Waals surface area contributed by atoms with Crippen LogP contribution in [0.15, 0.2) is 5.38 Å². The van der Waals surface area contributed by atoms with Crippen LogP contribution in [0.3, 0.4) is 0 Å².